The molecule has 0 amide bonds. The molecule has 2 saturated heterocycles. The molecule has 0 aliphatic carbocycles. The quantitative estimate of drug-likeness (QED) is 0.565. The number of sulfonamides is 1. The van der Waals surface area contributed by atoms with E-state index in [0.29, 0.717) is 50.9 Å². The number of rotatable bonds is 5. The molecule has 0 bridgehead atoms. The molecule has 0 radical (unpaired) electrons. The Morgan fingerprint density at radius 1 is 1.06 bits per heavy atom. The molecule has 33 heavy (non-hydrogen) atoms. The number of piperazine rings is 1. The van der Waals surface area contributed by atoms with Crippen LogP contribution in [0, 0.1) is 0 Å². The van der Waals surface area contributed by atoms with Crippen LogP contribution in [0.4, 0.5) is 11.5 Å². The summed E-state index contributed by atoms with van der Waals surface area (Å²) in [6.07, 6.45) is 4.61. The Kier molecular flexibility index (Phi) is 6.18. The molecule has 5 heterocycles. The number of anilines is 2. The van der Waals surface area contributed by atoms with E-state index < -0.39 is 10.0 Å². The van der Waals surface area contributed by atoms with Crippen molar-refractivity contribution >= 4 is 43.1 Å². The fourth-order valence-corrected chi connectivity index (χ4v) is 6.09. The molecule has 10 nitrogen and oxygen atoms in total. The van der Waals surface area contributed by atoms with Crippen molar-refractivity contribution in [3.63, 3.8) is 0 Å². The van der Waals surface area contributed by atoms with Gasteiger partial charge in [0.1, 0.15) is 10.6 Å². The first-order valence-corrected chi connectivity index (χ1v) is 13.5. The van der Waals surface area contributed by atoms with E-state index in [1.54, 1.807) is 28.0 Å². The molecule has 3 aromatic heterocycles. The number of hydrogen-bond donors (Lipinski definition) is 1. The van der Waals surface area contributed by atoms with Gasteiger partial charge in [-0.05, 0) is 12.1 Å². The van der Waals surface area contributed by atoms with Gasteiger partial charge in [-0.15, -0.1) is 11.3 Å². The lowest BCUT2D eigenvalue weighted by Crippen LogP contribution is -2.47. The molecule has 0 saturated carbocycles. The van der Waals surface area contributed by atoms with Gasteiger partial charge in [-0.3, -0.25) is 9.88 Å². The van der Waals surface area contributed by atoms with Crippen molar-refractivity contribution in [2.45, 2.75) is 6.54 Å². The highest BCUT2D eigenvalue weighted by molar-refractivity contribution is 7.88. The van der Waals surface area contributed by atoms with Crippen LogP contribution in [-0.4, -0.2) is 91.3 Å². The van der Waals surface area contributed by atoms with E-state index in [1.165, 1.54) is 11.1 Å². The average molecular weight is 490 g/mol. The van der Waals surface area contributed by atoms with Gasteiger partial charge in [-0.1, -0.05) is 0 Å². The zero-order chi connectivity index (χ0) is 23.0. The number of ether oxygens (including phenoxy) is 1. The zero-order valence-corrected chi connectivity index (χ0v) is 20.1. The van der Waals surface area contributed by atoms with Gasteiger partial charge in [0.05, 0.1) is 30.5 Å². The van der Waals surface area contributed by atoms with Crippen LogP contribution in [0.3, 0.4) is 0 Å². The molecule has 12 heteroatoms. The Balaban J connectivity index is 1.45. The SMILES string of the molecule is CS(=O)(=O)N1CCN(Cc2cc3c(N4CCOCC4)nc(-c4cncc(N)c4)nc3s2)CC1. The molecule has 3 aromatic rings. The van der Waals surface area contributed by atoms with Gasteiger partial charge >= 0.3 is 0 Å². The predicted octanol–water partition coefficient (Wildman–Crippen LogP) is 1.25. The van der Waals surface area contributed by atoms with Crippen LogP contribution >= 0.6 is 11.3 Å². The maximum absolute atomic E-state index is 11.8. The molecule has 5 rings (SSSR count). The minimum Gasteiger partial charge on any atom is -0.397 e. The minimum absolute atomic E-state index is 0.523. The maximum atomic E-state index is 11.8. The predicted molar refractivity (Wildman–Crippen MR) is 130 cm³/mol. The highest BCUT2D eigenvalue weighted by Gasteiger charge is 2.25. The summed E-state index contributed by atoms with van der Waals surface area (Å²) in [6.45, 7) is 6.12. The van der Waals surface area contributed by atoms with Crippen LogP contribution in [0.5, 0.6) is 0 Å². The lowest BCUT2D eigenvalue weighted by molar-refractivity contribution is 0.122. The fourth-order valence-electron chi connectivity index (χ4n) is 4.20. The van der Waals surface area contributed by atoms with Crippen molar-refractivity contribution in [2.24, 2.45) is 0 Å². The summed E-state index contributed by atoms with van der Waals surface area (Å²) in [6, 6.07) is 4.02. The van der Waals surface area contributed by atoms with Crippen molar-refractivity contribution in [3.8, 4) is 11.4 Å². The van der Waals surface area contributed by atoms with Crippen molar-refractivity contribution in [1.82, 2.24) is 24.2 Å². The van der Waals surface area contributed by atoms with Crippen LogP contribution < -0.4 is 10.6 Å². The van der Waals surface area contributed by atoms with Crippen molar-refractivity contribution in [2.75, 3.05) is 69.4 Å². The third-order valence-corrected chi connectivity index (χ3v) is 8.25. The van der Waals surface area contributed by atoms with E-state index >= 15 is 0 Å². The fraction of sp³-hybridized carbons (Fsp3) is 0.476. The molecule has 2 fully saturated rings. The Bertz CT molecular complexity index is 1250. The molecule has 2 aliphatic rings. The first-order chi connectivity index (χ1) is 15.9. The standard InChI is InChI=1S/C21H27N7O3S2/c1-33(29,30)28-4-2-26(3-5-28)14-17-11-18-20(27-6-8-31-9-7-27)24-19(25-21(18)32-17)15-10-16(22)13-23-12-15/h10-13H,2-9,14,22H2,1H3. The summed E-state index contributed by atoms with van der Waals surface area (Å²) in [5.41, 5.74) is 7.31. The third kappa shape index (κ3) is 4.94. The number of morpholine rings is 1. The van der Waals surface area contributed by atoms with E-state index in [4.69, 9.17) is 20.4 Å². The number of hydrogen-bond acceptors (Lipinski definition) is 10. The highest BCUT2D eigenvalue weighted by atomic mass is 32.2. The van der Waals surface area contributed by atoms with E-state index in [0.717, 1.165) is 41.2 Å². The van der Waals surface area contributed by atoms with Crippen LogP contribution in [-0.2, 0) is 21.3 Å². The summed E-state index contributed by atoms with van der Waals surface area (Å²) in [5.74, 6) is 1.52. The van der Waals surface area contributed by atoms with Crippen LogP contribution in [0.25, 0.3) is 21.6 Å². The van der Waals surface area contributed by atoms with Gasteiger partial charge in [0.15, 0.2) is 5.82 Å². The number of fused-ring (bicyclic) bond motifs is 1. The molecule has 0 spiro atoms. The number of thiophene rings is 1. The second-order valence-electron chi connectivity index (χ2n) is 8.35. The number of nitrogen functional groups attached to an aromatic ring is 1. The first kappa shape index (κ1) is 22.4. The second-order valence-corrected chi connectivity index (χ2v) is 11.4. The van der Waals surface area contributed by atoms with Gasteiger partial charge < -0.3 is 15.4 Å². The van der Waals surface area contributed by atoms with E-state index in [2.05, 4.69) is 20.9 Å². The van der Waals surface area contributed by atoms with Crippen molar-refractivity contribution in [3.05, 3.63) is 29.4 Å². The molecule has 0 unspecified atom stereocenters. The van der Waals surface area contributed by atoms with Gasteiger partial charge in [-0.25, -0.2) is 18.4 Å². The number of aromatic nitrogens is 3. The largest absolute Gasteiger partial charge is 0.397 e. The van der Waals surface area contributed by atoms with Crippen molar-refractivity contribution < 1.29 is 13.2 Å². The maximum Gasteiger partial charge on any atom is 0.211 e. The molecule has 2 aliphatic heterocycles. The molecular formula is C21H27N7O3S2. The lowest BCUT2D eigenvalue weighted by atomic mass is 10.2. The summed E-state index contributed by atoms with van der Waals surface area (Å²) in [5, 5.41) is 1.03. The Morgan fingerprint density at radius 3 is 2.52 bits per heavy atom. The Hall–Kier alpha value is -2.38. The van der Waals surface area contributed by atoms with Crippen LogP contribution in [0.15, 0.2) is 24.5 Å². The number of nitrogens with two attached hydrogens (primary N) is 1. The topological polar surface area (TPSA) is 118 Å². The minimum atomic E-state index is -3.13. The van der Waals surface area contributed by atoms with Crippen LogP contribution in [0.2, 0.25) is 0 Å². The van der Waals surface area contributed by atoms with Gasteiger partial charge in [0.2, 0.25) is 10.0 Å². The summed E-state index contributed by atoms with van der Waals surface area (Å²) in [4.78, 5) is 20.6. The normalized spacial score (nSPS) is 18.8. The van der Waals surface area contributed by atoms with Gasteiger partial charge in [0.25, 0.3) is 0 Å². The summed E-state index contributed by atoms with van der Waals surface area (Å²) >= 11 is 1.65. The second kappa shape index (κ2) is 9.11. The molecule has 176 valence electrons. The van der Waals surface area contributed by atoms with Crippen LogP contribution in [0.1, 0.15) is 4.88 Å². The lowest BCUT2D eigenvalue weighted by Gasteiger charge is -2.32. The Labute approximate surface area is 197 Å². The molecule has 2 N–H and O–H groups in total. The summed E-state index contributed by atoms with van der Waals surface area (Å²) < 4.78 is 30.7. The van der Waals surface area contributed by atoms with E-state index in [9.17, 15) is 8.42 Å². The van der Waals surface area contributed by atoms with E-state index in [1.807, 2.05) is 6.07 Å². The highest BCUT2D eigenvalue weighted by Crippen LogP contribution is 2.34. The third-order valence-electron chi connectivity index (χ3n) is 5.93. The smallest absolute Gasteiger partial charge is 0.211 e. The molecular weight excluding hydrogens is 462 g/mol. The monoisotopic (exact) mass is 489 g/mol. The number of nitrogens with zero attached hydrogens (tertiary/aromatic N) is 6. The summed E-state index contributed by atoms with van der Waals surface area (Å²) in [7, 11) is -3.13. The average Bonchev–Trinajstić information content (AvgIpc) is 3.21. The van der Waals surface area contributed by atoms with Crippen molar-refractivity contribution in [1.29, 1.82) is 0 Å². The Morgan fingerprint density at radius 2 is 1.82 bits per heavy atom. The number of pyridine rings is 1. The molecule has 0 atom stereocenters. The zero-order valence-electron chi connectivity index (χ0n) is 18.5. The van der Waals surface area contributed by atoms with E-state index in [-0.39, 0.29) is 0 Å². The molecule has 0 aromatic carbocycles. The van der Waals surface area contributed by atoms with Gasteiger partial charge in [0, 0.05) is 68.6 Å². The first-order valence-electron chi connectivity index (χ1n) is 10.9. The van der Waals surface area contributed by atoms with Gasteiger partial charge in [-0.2, -0.15) is 4.31 Å².